The number of unbranched alkanes of at least 4 members (excludes halogenated alkanes) is 1. The largest absolute Gasteiger partial charge is 0.482 e. The van der Waals surface area contributed by atoms with Gasteiger partial charge in [0.1, 0.15) is 5.75 Å². The number of rotatable bonds is 8. The summed E-state index contributed by atoms with van der Waals surface area (Å²) >= 11 is 11.7. The van der Waals surface area contributed by atoms with Crippen LogP contribution < -0.4 is 15.8 Å². The van der Waals surface area contributed by atoms with Crippen molar-refractivity contribution < 1.29 is 9.53 Å². The minimum atomic E-state index is -0.206. The Morgan fingerprint density at radius 2 is 2.20 bits per heavy atom. The van der Waals surface area contributed by atoms with Crippen LogP contribution in [0.2, 0.25) is 10.0 Å². The minimum Gasteiger partial charge on any atom is -0.482 e. The monoisotopic (exact) mass is 318 g/mol. The highest BCUT2D eigenvalue weighted by Crippen LogP contribution is 2.27. The number of amides is 1. The number of nitrogens with two attached hydrogens (primary N) is 1. The van der Waals surface area contributed by atoms with E-state index < -0.39 is 0 Å². The van der Waals surface area contributed by atoms with Gasteiger partial charge >= 0.3 is 0 Å². The Morgan fingerprint density at radius 1 is 1.45 bits per heavy atom. The van der Waals surface area contributed by atoms with E-state index in [-0.39, 0.29) is 18.6 Å². The van der Waals surface area contributed by atoms with Crippen molar-refractivity contribution in [3.05, 3.63) is 28.2 Å². The van der Waals surface area contributed by atoms with E-state index in [0.29, 0.717) is 22.3 Å². The summed E-state index contributed by atoms with van der Waals surface area (Å²) < 4.78 is 5.36. The van der Waals surface area contributed by atoms with Gasteiger partial charge in [0.2, 0.25) is 0 Å². The molecule has 0 spiro atoms. The summed E-state index contributed by atoms with van der Waals surface area (Å²) in [6, 6.07) is 4.85. The summed E-state index contributed by atoms with van der Waals surface area (Å²) in [6.07, 6.45) is 2.98. The Labute approximate surface area is 129 Å². The van der Waals surface area contributed by atoms with E-state index in [1.807, 2.05) is 0 Å². The molecular weight excluding hydrogens is 299 g/mol. The molecule has 0 heterocycles. The van der Waals surface area contributed by atoms with E-state index in [0.717, 1.165) is 19.3 Å². The predicted octanol–water partition coefficient (Wildman–Crippen LogP) is 3.01. The Hall–Kier alpha value is -0.970. The quantitative estimate of drug-likeness (QED) is 0.774. The van der Waals surface area contributed by atoms with Crippen LogP contribution in [-0.4, -0.2) is 25.1 Å². The summed E-state index contributed by atoms with van der Waals surface area (Å²) in [5, 5.41) is 3.75. The molecule has 1 aromatic carbocycles. The first-order valence-electron chi connectivity index (χ1n) is 6.64. The molecule has 0 aliphatic heterocycles. The molecule has 1 atom stereocenters. The number of benzene rings is 1. The molecule has 0 saturated heterocycles. The van der Waals surface area contributed by atoms with Gasteiger partial charge in [-0.1, -0.05) is 43.0 Å². The molecule has 1 aromatic rings. The maximum absolute atomic E-state index is 11.8. The second-order valence-electron chi connectivity index (χ2n) is 4.51. The molecule has 6 heteroatoms. The summed E-state index contributed by atoms with van der Waals surface area (Å²) in [5.41, 5.74) is 5.62. The molecule has 0 radical (unpaired) electrons. The molecule has 0 aliphatic carbocycles. The lowest BCUT2D eigenvalue weighted by molar-refractivity contribution is -0.123. The van der Waals surface area contributed by atoms with Gasteiger partial charge in [0.15, 0.2) is 6.61 Å². The van der Waals surface area contributed by atoms with Crippen molar-refractivity contribution >= 4 is 29.1 Å². The lowest BCUT2D eigenvalue weighted by atomic mass is 10.1. The second kappa shape index (κ2) is 9.06. The highest BCUT2D eigenvalue weighted by molar-refractivity contribution is 6.35. The van der Waals surface area contributed by atoms with Crippen LogP contribution in [0.4, 0.5) is 0 Å². The third-order valence-corrected chi connectivity index (χ3v) is 3.34. The number of hydrogen-bond donors (Lipinski definition) is 2. The molecule has 3 N–H and O–H groups in total. The molecule has 0 saturated carbocycles. The normalized spacial score (nSPS) is 12.0. The first-order valence-corrected chi connectivity index (χ1v) is 7.39. The Bertz CT molecular complexity index is 441. The zero-order valence-electron chi connectivity index (χ0n) is 11.5. The molecule has 1 rings (SSSR count). The highest BCUT2D eigenvalue weighted by Gasteiger charge is 2.11. The van der Waals surface area contributed by atoms with E-state index >= 15 is 0 Å². The lowest BCUT2D eigenvalue weighted by Crippen LogP contribution is -2.42. The van der Waals surface area contributed by atoms with Crippen LogP contribution in [0.3, 0.4) is 0 Å². The maximum Gasteiger partial charge on any atom is 0.258 e. The van der Waals surface area contributed by atoms with Gasteiger partial charge in [-0.05, 0) is 24.6 Å². The molecule has 112 valence electrons. The number of carbonyl (C=O) groups excluding carboxylic acids is 1. The summed E-state index contributed by atoms with van der Waals surface area (Å²) in [5.74, 6) is 0.228. The average molecular weight is 319 g/mol. The van der Waals surface area contributed by atoms with Crippen LogP contribution in [0, 0.1) is 0 Å². The van der Waals surface area contributed by atoms with E-state index in [4.69, 9.17) is 33.7 Å². The molecule has 0 aliphatic rings. The lowest BCUT2D eigenvalue weighted by Gasteiger charge is -2.16. The Morgan fingerprint density at radius 3 is 2.80 bits per heavy atom. The minimum absolute atomic E-state index is 0.00765. The van der Waals surface area contributed by atoms with Crippen LogP contribution in [0.25, 0.3) is 0 Å². The van der Waals surface area contributed by atoms with Gasteiger partial charge in [0.25, 0.3) is 5.91 Å². The van der Waals surface area contributed by atoms with Crippen LogP contribution in [0.5, 0.6) is 5.75 Å². The molecule has 0 bridgehead atoms. The fraction of sp³-hybridized carbons (Fsp3) is 0.500. The highest BCUT2D eigenvalue weighted by atomic mass is 35.5. The molecular formula is C14H20Cl2N2O2. The van der Waals surface area contributed by atoms with Gasteiger partial charge in [-0.2, -0.15) is 0 Å². The van der Waals surface area contributed by atoms with Crippen molar-refractivity contribution in [1.29, 1.82) is 0 Å². The summed E-state index contributed by atoms with van der Waals surface area (Å²) in [6.45, 7) is 2.43. The van der Waals surface area contributed by atoms with E-state index in [2.05, 4.69) is 12.2 Å². The number of hydrogen-bond acceptors (Lipinski definition) is 3. The van der Waals surface area contributed by atoms with E-state index in [1.54, 1.807) is 18.2 Å². The van der Waals surface area contributed by atoms with E-state index in [1.165, 1.54) is 0 Å². The van der Waals surface area contributed by atoms with Gasteiger partial charge in [0.05, 0.1) is 5.02 Å². The van der Waals surface area contributed by atoms with Gasteiger partial charge < -0.3 is 15.8 Å². The standard InChI is InChI=1S/C14H20Cl2N2O2/c1-2-3-4-11(8-17)18-14(19)9-20-13-6-5-10(15)7-12(13)16/h5-7,11H,2-4,8-9,17H2,1H3,(H,18,19). The van der Waals surface area contributed by atoms with Crippen molar-refractivity contribution in [2.24, 2.45) is 5.73 Å². The summed E-state index contributed by atoms with van der Waals surface area (Å²) in [7, 11) is 0. The van der Waals surface area contributed by atoms with Gasteiger partial charge in [-0.15, -0.1) is 0 Å². The molecule has 0 fully saturated rings. The van der Waals surface area contributed by atoms with Crippen molar-refractivity contribution in [1.82, 2.24) is 5.32 Å². The van der Waals surface area contributed by atoms with Crippen molar-refractivity contribution in [2.75, 3.05) is 13.2 Å². The number of carbonyl (C=O) groups is 1. The second-order valence-corrected chi connectivity index (χ2v) is 5.35. The molecule has 20 heavy (non-hydrogen) atoms. The molecule has 0 aromatic heterocycles. The van der Waals surface area contributed by atoms with Crippen LogP contribution in [0.1, 0.15) is 26.2 Å². The molecule has 1 unspecified atom stereocenters. The first-order chi connectivity index (χ1) is 9.56. The zero-order chi connectivity index (χ0) is 15.0. The summed E-state index contributed by atoms with van der Waals surface area (Å²) in [4.78, 5) is 11.8. The first kappa shape index (κ1) is 17.1. The Balaban J connectivity index is 2.42. The molecule has 1 amide bonds. The van der Waals surface area contributed by atoms with Gasteiger partial charge in [-0.3, -0.25) is 4.79 Å². The Kier molecular flexibility index (Phi) is 7.73. The van der Waals surface area contributed by atoms with Crippen molar-refractivity contribution in [2.45, 2.75) is 32.2 Å². The maximum atomic E-state index is 11.8. The number of ether oxygens (including phenoxy) is 1. The smallest absolute Gasteiger partial charge is 0.258 e. The third-order valence-electron chi connectivity index (χ3n) is 2.81. The zero-order valence-corrected chi connectivity index (χ0v) is 13.0. The van der Waals surface area contributed by atoms with Gasteiger partial charge in [-0.25, -0.2) is 0 Å². The van der Waals surface area contributed by atoms with Gasteiger partial charge in [0, 0.05) is 17.6 Å². The fourth-order valence-corrected chi connectivity index (χ4v) is 2.17. The van der Waals surface area contributed by atoms with Crippen LogP contribution in [-0.2, 0) is 4.79 Å². The molecule has 4 nitrogen and oxygen atoms in total. The fourth-order valence-electron chi connectivity index (χ4n) is 1.70. The van der Waals surface area contributed by atoms with Crippen LogP contribution >= 0.6 is 23.2 Å². The van der Waals surface area contributed by atoms with Crippen molar-refractivity contribution in [3.8, 4) is 5.75 Å². The SMILES string of the molecule is CCCCC(CN)NC(=O)COc1ccc(Cl)cc1Cl. The topological polar surface area (TPSA) is 64.3 Å². The predicted molar refractivity (Wildman–Crippen MR) is 82.5 cm³/mol. The number of nitrogens with one attached hydrogen (secondary N) is 1. The van der Waals surface area contributed by atoms with Crippen LogP contribution in [0.15, 0.2) is 18.2 Å². The van der Waals surface area contributed by atoms with E-state index in [9.17, 15) is 4.79 Å². The number of halogens is 2. The third kappa shape index (κ3) is 5.99. The van der Waals surface area contributed by atoms with Crippen molar-refractivity contribution in [3.63, 3.8) is 0 Å². The average Bonchev–Trinajstić information content (AvgIpc) is 2.42.